The lowest BCUT2D eigenvalue weighted by molar-refractivity contribution is 0.102. The highest BCUT2D eigenvalue weighted by molar-refractivity contribution is 7.13. The van der Waals surface area contributed by atoms with E-state index in [0.717, 1.165) is 16.9 Å². The van der Waals surface area contributed by atoms with Crippen LogP contribution in [0, 0.1) is 6.92 Å². The number of carbonyl (C=O) groups is 1. The van der Waals surface area contributed by atoms with Crippen LogP contribution in [0.3, 0.4) is 0 Å². The van der Waals surface area contributed by atoms with Crippen LogP contribution in [0.2, 0.25) is 0 Å². The number of benzene rings is 2. The number of aryl methyl sites for hydroxylation is 1. The number of nitrogens with zero attached hydrogens (tertiary/aromatic N) is 1. The molecule has 0 spiro atoms. The topological polar surface area (TPSA) is 54.0 Å². The molecule has 0 aliphatic carbocycles. The summed E-state index contributed by atoms with van der Waals surface area (Å²) in [6.07, 6.45) is 0. The summed E-state index contributed by atoms with van der Waals surface area (Å²) in [5.74, 6) is -0.137. The summed E-state index contributed by atoms with van der Waals surface area (Å²) in [7, 11) is 0. The molecule has 0 saturated carbocycles. The first kappa shape index (κ1) is 19.1. The first-order valence-corrected chi connectivity index (χ1v) is 9.87. The average Bonchev–Trinajstić information content (AvgIpc) is 3.04. The molecule has 0 bridgehead atoms. The van der Waals surface area contributed by atoms with Crippen LogP contribution in [0.25, 0.3) is 0 Å². The zero-order chi connectivity index (χ0) is 19.4. The predicted octanol–water partition coefficient (Wildman–Crippen LogP) is 5.61. The van der Waals surface area contributed by atoms with Crippen molar-refractivity contribution in [3.8, 4) is 0 Å². The van der Waals surface area contributed by atoms with Crippen molar-refractivity contribution < 1.29 is 4.79 Å². The third-order valence-corrected chi connectivity index (χ3v) is 5.15. The van der Waals surface area contributed by atoms with Crippen molar-refractivity contribution in [1.29, 1.82) is 0 Å². The molecule has 4 nitrogen and oxygen atoms in total. The summed E-state index contributed by atoms with van der Waals surface area (Å²) in [5.41, 5.74) is 5.18. The molecule has 1 heterocycles. The summed E-state index contributed by atoms with van der Waals surface area (Å²) < 4.78 is 0. The molecule has 3 rings (SSSR count). The quantitative estimate of drug-likeness (QED) is 0.605. The normalized spacial score (nSPS) is 11.3. The summed E-state index contributed by atoms with van der Waals surface area (Å²) in [6.45, 7) is 9.26. The maximum Gasteiger partial charge on any atom is 0.257 e. The van der Waals surface area contributed by atoms with Gasteiger partial charge in [0.15, 0.2) is 5.13 Å². The minimum atomic E-state index is -0.137. The van der Waals surface area contributed by atoms with Gasteiger partial charge < -0.3 is 5.32 Å². The van der Waals surface area contributed by atoms with Crippen molar-refractivity contribution in [3.05, 3.63) is 76.3 Å². The van der Waals surface area contributed by atoms with Gasteiger partial charge in [-0.2, -0.15) is 0 Å². The average molecular weight is 380 g/mol. The van der Waals surface area contributed by atoms with Gasteiger partial charge in [0.1, 0.15) is 0 Å². The molecule has 2 N–H and O–H groups in total. The molecule has 0 unspecified atom stereocenters. The predicted molar refractivity (Wildman–Crippen MR) is 114 cm³/mol. The molecule has 27 heavy (non-hydrogen) atoms. The van der Waals surface area contributed by atoms with Crippen LogP contribution in [0.15, 0.2) is 53.9 Å². The largest absolute Gasteiger partial charge is 0.381 e. The first-order chi connectivity index (χ1) is 12.8. The van der Waals surface area contributed by atoms with Gasteiger partial charge in [-0.3, -0.25) is 10.1 Å². The molecular formula is C22H25N3OS. The Morgan fingerprint density at radius 1 is 1.07 bits per heavy atom. The Hall–Kier alpha value is -2.66. The van der Waals surface area contributed by atoms with Gasteiger partial charge in [-0.15, -0.1) is 11.3 Å². The number of rotatable bonds is 5. The molecule has 0 fully saturated rings. The zero-order valence-electron chi connectivity index (χ0n) is 16.2. The van der Waals surface area contributed by atoms with Gasteiger partial charge in [0.05, 0.1) is 5.69 Å². The van der Waals surface area contributed by atoms with Gasteiger partial charge in [0.2, 0.25) is 0 Å². The number of hydrogen-bond acceptors (Lipinski definition) is 4. The van der Waals surface area contributed by atoms with Crippen LogP contribution in [0.5, 0.6) is 0 Å². The second-order valence-corrected chi connectivity index (χ2v) is 8.45. The number of hydrogen-bond donors (Lipinski definition) is 2. The van der Waals surface area contributed by atoms with Gasteiger partial charge in [-0.05, 0) is 41.7 Å². The Kier molecular flexibility index (Phi) is 5.61. The van der Waals surface area contributed by atoms with E-state index in [1.54, 1.807) is 0 Å². The second-order valence-electron chi connectivity index (χ2n) is 7.59. The van der Waals surface area contributed by atoms with Crippen LogP contribution in [0.1, 0.15) is 48.0 Å². The van der Waals surface area contributed by atoms with Crippen LogP contribution in [-0.2, 0) is 12.0 Å². The Balaban J connectivity index is 1.64. The van der Waals surface area contributed by atoms with Crippen LogP contribution < -0.4 is 10.6 Å². The maximum absolute atomic E-state index is 12.3. The van der Waals surface area contributed by atoms with E-state index in [0.29, 0.717) is 17.2 Å². The van der Waals surface area contributed by atoms with Crippen molar-refractivity contribution in [2.24, 2.45) is 0 Å². The van der Waals surface area contributed by atoms with Gasteiger partial charge in [0, 0.05) is 23.2 Å². The Bertz CT molecular complexity index is 923. The van der Waals surface area contributed by atoms with E-state index >= 15 is 0 Å². The summed E-state index contributed by atoms with van der Waals surface area (Å²) in [4.78, 5) is 16.6. The number of nitrogens with one attached hydrogen (secondary N) is 2. The maximum atomic E-state index is 12.3. The van der Waals surface area contributed by atoms with Gasteiger partial charge in [0.25, 0.3) is 5.91 Å². The Morgan fingerprint density at radius 2 is 1.78 bits per heavy atom. The fourth-order valence-electron chi connectivity index (χ4n) is 2.84. The number of thiazole rings is 1. The highest BCUT2D eigenvalue weighted by atomic mass is 32.1. The number of anilines is 2. The van der Waals surface area contributed by atoms with E-state index in [9.17, 15) is 4.79 Å². The second kappa shape index (κ2) is 7.92. The number of para-hydroxylation sites is 1. The van der Waals surface area contributed by atoms with Crippen molar-refractivity contribution in [2.45, 2.75) is 39.7 Å². The van der Waals surface area contributed by atoms with E-state index in [2.05, 4.69) is 54.6 Å². The number of carbonyl (C=O) groups excluding carboxylic acids is 1. The molecule has 0 saturated heterocycles. The van der Waals surface area contributed by atoms with Crippen molar-refractivity contribution in [2.75, 3.05) is 10.6 Å². The standard InChI is InChI=1S/C22H25N3OS/c1-15-14-27-21(24-15)25-20(26)17-11-9-16(10-12-17)13-23-19-8-6-5-7-18(19)22(2,3)4/h5-12,14,23H,13H2,1-4H3,(H,24,25,26). The van der Waals surface area contributed by atoms with Crippen molar-refractivity contribution >= 4 is 28.1 Å². The highest BCUT2D eigenvalue weighted by Crippen LogP contribution is 2.29. The van der Waals surface area contributed by atoms with E-state index < -0.39 is 0 Å². The van der Waals surface area contributed by atoms with Crippen molar-refractivity contribution in [1.82, 2.24) is 4.98 Å². The molecule has 0 aliphatic heterocycles. The van der Waals surface area contributed by atoms with E-state index in [1.807, 2.05) is 42.6 Å². The molecule has 0 atom stereocenters. The molecule has 0 radical (unpaired) electrons. The molecule has 1 amide bonds. The van der Waals surface area contributed by atoms with Gasteiger partial charge in [-0.25, -0.2) is 4.98 Å². The summed E-state index contributed by atoms with van der Waals surface area (Å²) >= 11 is 1.43. The fourth-order valence-corrected chi connectivity index (χ4v) is 3.53. The van der Waals surface area contributed by atoms with Crippen LogP contribution in [-0.4, -0.2) is 10.9 Å². The van der Waals surface area contributed by atoms with Crippen LogP contribution in [0.4, 0.5) is 10.8 Å². The monoisotopic (exact) mass is 379 g/mol. The first-order valence-electron chi connectivity index (χ1n) is 8.99. The van der Waals surface area contributed by atoms with Crippen LogP contribution >= 0.6 is 11.3 Å². The van der Waals surface area contributed by atoms with Gasteiger partial charge >= 0.3 is 0 Å². The van der Waals surface area contributed by atoms with Gasteiger partial charge in [-0.1, -0.05) is 51.1 Å². The number of amides is 1. The molecule has 1 aromatic heterocycles. The highest BCUT2D eigenvalue weighted by Gasteiger charge is 2.17. The number of aromatic nitrogens is 1. The molecule has 140 valence electrons. The zero-order valence-corrected chi connectivity index (χ0v) is 17.0. The third kappa shape index (κ3) is 4.95. The minimum Gasteiger partial charge on any atom is -0.381 e. The SMILES string of the molecule is Cc1csc(NC(=O)c2ccc(CNc3ccccc3C(C)(C)C)cc2)n1. The molecule has 2 aromatic carbocycles. The molecule has 3 aromatic rings. The Labute approximate surface area is 164 Å². The lowest BCUT2D eigenvalue weighted by atomic mass is 9.86. The lowest BCUT2D eigenvalue weighted by Crippen LogP contribution is -2.15. The van der Waals surface area contributed by atoms with E-state index in [1.165, 1.54) is 16.9 Å². The summed E-state index contributed by atoms with van der Waals surface area (Å²) in [5, 5.41) is 8.90. The van der Waals surface area contributed by atoms with Crippen molar-refractivity contribution in [3.63, 3.8) is 0 Å². The summed E-state index contributed by atoms with van der Waals surface area (Å²) in [6, 6.07) is 16.1. The molecule has 5 heteroatoms. The lowest BCUT2D eigenvalue weighted by Gasteiger charge is -2.23. The fraction of sp³-hybridized carbons (Fsp3) is 0.273. The minimum absolute atomic E-state index is 0.0831. The van der Waals surface area contributed by atoms with E-state index in [-0.39, 0.29) is 11.3 Å². The molecular weight excluding hydrogens is 354 g/mol. The Morgan fingerprint density at radius 3 is 2.41 bits per heavy atom. The third-order valence-electron chi connectivity index (χ3n) is 4.27. The smallest absolute Gasteiger partial charge is 0.257 e. The van der Waals surface area contributed by atoms with E-state index in [4.69, 9.17) is 0 Å². The molecule has 0 aliphatic rings.